The third-order valence-corrected chi connectivity index (χ3v) is 4.70. The molecule has 2 aromatic rings. The summed E-state index contributed by atoms with van der Waals surface area (Å²) in [5.41, 5.74) is 6.01. The first kappa shape index (κ1) is 22.1. The summed E-state index contributed by atoms with van der Waals surface area (Å²) in [6, 6.07) is 12.9. The number of ether oxygens (including phenoxy) is 4. The minimum absolute atomic E-state index is 0.144. The number of esters is 1. The van der Waals surface area contributed by atoms with E-state index in [4.69, 9.17) is 24.7 Å². The highest BCUT2D eigenvalue weighted by atomic mass is 16.5. The van der Waals surface area contributed by atoms with Gasteiger partial charge in [-0.25, -0.2) is 4.79 Å². The van der Waals surface area contributed by atoms with Gasteiger partial charge in [0.1, 0.15) is 0 Å². The van der Waals surface area contributed by atoms with E-state index in [1.165, 1.54) is 25.3 Å². The summed E-state index contributed by atoms with van der Waals surface area (Å²) >= 11 is 0. The molecule has 1 aliphatic heterocycles. The van der Waals surface area contributed by atoms with Crippen LogP contribution >= 0.6 is 0 Å². The van der Waals surface area contributed by atoms with Crippen LogP contribution in [-0.2, 0) is 19.1 Å². The quantitative estimate of drug-likeness (QED) is 0.630. The molecule has 1 heterocycles. The highest BCUT2D eigenvalue weighted by molar-refractivity contribution is 5.93. The van der Waals surface area contributed by atoms with Crippen molar-refractivity contribution in [2.75, 3.05) is 40.0 Å². The van der Waals surface area contributed by atoms with Crippen molar-refractivity contribution in [1.82, 2.24) is 4.90 Å². The lowest BCUT2D eigenvalue weighted by atomic mass is 10.1. The molecule has 164 valence electrons. The van der Waals surface area contributed by atoms with Gasteiger partial charge in [0.05, 0.1) is 25.9 Å². The summed E-state index contributed by atoms with van der Waals surface area (Å²) in [7, 11) is 1.41. The average molecular weight is 428 g/mol. The highest BCUT2D eigenvalue weighted by Crippen LogP contribution is 2.29. The molecule has 0 unspecified atom stereocenters. The maximum Gasteiger partial charge on any atom is 0.339 e. The molecule has 9 heteroatoms. The lowest BCUT2D eigenvalue weighted by Gasteiger charge is -2.26. The molecule has 1 aliphatic rings. The zero-order chi connectivity index (χ0) is 22.2. The van der Waals surface area contributed by atoms with E-state index < -0.39 is 18.0 Å². The van der Waals surface area contributed by atoms with Gasteiger partial charge >= 0.3 is 5.97 Å². The summed E-state index contributed by atoms with van der Waals surface area (Å²) in [5.74, 6) is -1.15. The van der Waals surface area contributed by atoms with E-state index in [9.17, 15) is 14.4 Å². The molecular weight excluding hydrogens is 404 g/mol. The Hall–Kier alpha value is -3.59. The molecule has 1 atom stereocenters. The minimum atomic E-state index is -1.22. The van der Waals surface area contributed by atoms with Gasteiger partial charge in [0.2, 0.25) is 6.10 Å². The second-order valence-electron chi connectivity index (χ2n) is 6.75. The molecule has 3 rings (SSSR count). The van der Waals surface area contributed by atoms with Crippen molar-refractivity contribution in [3.05, 3.63) is 59.7 Å². The van der Waals surface area contributed by atoms with Crippen molar-refractivity contribution in [3.63, 3.8) is 0 Å². The third-order valence-electron chi connectivity index (χ3n) is 4.70. The van der Waals surface area contributed by atoms with Gasteiger partial charge < -0.3 is 29.6 Å². The Balaban J connectivity index is 1.67. The van der Waals surface area contributed by atoms with Crippen LogP contribution in [0.3, 0.4) is 0 Å². The molecular formula is C22H24N2O7. The van der Waals surface area contributed by atoms with Crippen LogP contribution in [0, 0.1) is 0 Å². The van der Waals surface area contributed by atoms with Crippen molar-refractivity contribution in [3.8, 4) is 11.5 Å². The number of primary amides is 1. The lowest BCUT2D eigenvalue weighted by Crippen LogP contribution is -2.43. The summed E-state index contributed by atoms with van der Waals surface area (Å²) < 4.78 is 21.4. The van der Waals surface area contributed by atoms with Gasteiger partial charge in [-0.2, -0.15) is 0 Å². The number of methoxy groups -OCH3 is 1. The number of nitrogens with zero attached hydrogens (tertiary/aromatic N) is 1. The molecule has 1 fully saturated rings. The number of hydrogen-bond donors (Lipinski definition) is 1. The van der Waals surface area contributed by atoms with Crippen LogP contribution in [-0.4, -0.2) is 62.7 Å². The number of benzene rings is 2. The maximum absolute atomic E-state index is 12.6. The van der Waals surface area contributed by atoms with Crippen molar-refractivity contribution in [1.29, 1.82) is 0 Å². The average Bonchev–Trinajstić information content (AvgIpc) is 2.81. The Morgan fingerprint density at radius 1 is 1.06 bits per heavy atom. The monoisotopic (exact) mass is 428 g/mol. The molecule has 0 radical (unpaired) electrons. The molecule has 0 bridgehead atoms. The topological polar surface area (TPSA) is 117 Å². The lowest BCUT2D eigenvalue weighted by molar-refractivity contribution is -0.137. The van der Waals surface area contributed by atoms with Crippen LogP contribution in [0.1, 0.15) is 22.0 Å². The molecule has 0 aliphatic carbocycles. The second kappa shape index (κ2) is 10.4. The number of rotatable bonds is 8. The van der Waals surface area contributed by atoms with Crippen molar-refractivity contribution < 1.29 is 33.3 Å². The van der Waals surface area contributed by atoms with E-state index >= 15 is 0 Å². The van der Waals surface area contributed by atoms with Gasteiger partial charge in [-0.1, -0.05) is 30.3 Å². The second-order valence-corrected chi connectivity index (χ2v) is 6.75. The van der Waals surface area contributed by atoms with E-state index in [-0.39, 0.29) is 23.8 Å². The Labute approximate surface area is 179 Å². The van der Waals surface area contributed by atoms with E-state index in [0.29, 0.717) is 37.6 Å². The standard InChI is InChI=1S/C22H24N2O7/c1-28-18-13-16(22(27)31-20(21(23)26)15-5-3-2-4-6-15)7-8-17(18)30-14-19(25)24-9-11-29-12-10-24/h2-8,13,20H,9-12,14H2,1H3,(H2,23,26)/t20-/m1/s1. The molecule has 2 N–H and O–H groups in total. The fourth-order valence-corrected chi connectivity index (χ4v) is 3.05. The van der Waals surface area contributed by atoms with E-state index in [0.717, 1.165) is 0 Å². The van der Waals surface area contributed by atoms with E-state index in [2.05, 4.69) is 0 Å². The SMILES string of the molecule is COc1cc(C(=O)O[C@@H](C(N)=O)c2ccccc2)ccc1OCC(=O)N1CCOCC1. The summed E-state index contributed by atoms with van der Waals surface area (Å²) in [6.07, 6.45) is -1.22. The first-order chi connectivity index (χ1) is 15.0. The predicted octanol–water partition coefficient (Wildman–Crippen LogP) is 1.32. The van der Waals surface area contributed by atoms with Crippen molar-refractivity contribution in [2.24, 2.45) is 5.73 Å². The zero-order valence-electron chi connectivity index (χ0n) is 17.1. The number of hydrogen-bond acceptors (Lipinski definition) is 7. The molecule has 1 saturated heterocycles. The first-order valence-corrected chi connectivity index (χ1v) is 9.71. The molecule has 31 heavy (non-hydrogen) atoms. The van der Waals surface area contributed by atoms with Gasteiger partial charge in [-0.3, -0.25) is 9.59 Å². The Kier molecular flexibility index (Phi) is 7.45. The molecule has 2 amide bonds. The number of carbonyl (C=O) groups excluding carboxylic acids is 3. The van der Waals surface area contributed by atoms with Gasteiger partial charge in [-0.05, 0) is 18.2 Å². The number of nitrogens with two attached hydrogens (primary N) is 1. The number of amides is 2. The third kappa shape index (κ3) is 5.73. The minimum Gasteiger partial charge on any atom is -0.493 e. The molecule has 0 spiro atoms. The smallest absolute Gasteiger partial charge is 0.339 e. The van der Waals surface area contributed by atoms with Crippen LogP contribution in [0.2, 0.25) is 0 Å². The van der Waals surface area contributed by atoms with Gasteiger partial charge in [0.25, 0.3) is 11.8 Å². The van der Waals surface area contributed by atoms with Gasteiger partial charge in [-0.15, -0.1) is 0 Å². The number of morpholine rings is 1. The van der Waals surface area contributed by atoms with Crippen LogP contribution < -0.4 is 15.2 Å². The van der Waals surface area contributed by atoms with Crippen molar-refractivity contribution >= 4 is 17.8 Å². The summed E-state index contributed by atoms with van der Waals surface area (Å²) in [6.45, 7) is 1.87. The van der Waals surface area contributed by atoms with E-state index in [1.807, 2.05) is 0 Å². The highest BCUT2D eigenvalue weighted by Gasteiger charge is 2.24. The van der Waals surface area contributed by atoms with Gasteiger partial charge in [0, 0.05) is 18.7 Å². The maximum atomic E-state index is 12.6. The van der Waals surface area contributed by atoms with E-state index in [1.54, 1.807) is 35.2 Å². The molecule has 9 nitrogen and oxygen atoms in total. The first-order valence-electron chi connectivity index (χ1n) is 9.71. The molecule has 2 aromatic carbocycles. The largest absolute Gasteiger partial charge is 0.493 e. The molecule has 0 aromatic heterocycles. The van der Waals surface area contributed by atoms with Gasteiger partial charge in [0.15, 0.2) is 18.1 Å². The van der Waals surface area contributed by atoms with Crippen LogP contribution in [0.4, 0.5) is 0 Å². The van der Waals surface area contributed by atoms with Crippen LogP contribution in [0.15, 0.2) is 48.5 Å². The Morgan fingerprint density at radius 2 is 1.77 bits per heavy atom. The summed E-state index contributed by atoms with van der Waals surface area (Å²) in [5, 5.41) is 0. The fourth-order valence-electron chi connectivity index (χ4n) is 3.05. The Morgan fingerprint density at radius 3 is 2.42 bits per heavy atom. The fraction of sp³-hybridized carbons (Fsp3) is 0.318. The normalized spacial score (nSPS) is 14.4. The predicted molar refractivity (Wildman–Crippen MR) is 110 cm³/mol. The summed E-state index contributed by atoms with van der Waals surface area (Å²) in [4.78, 5) is 38.3. The van der Waals surface area contributed by atoms with Crippen molar-refractivity contribution in [2.45, 2.75) is 6.10 Å². The van der Waals surface area contributed by atoms with Crippen LogP contribution in [0.5, 0.6) is 11.5 Å². The Bertz CT molecular complexity index is 927. The zero-order valence-corrected chi connectivity index (χ0v) is 17.1. The number of carbonyl (C=O) groups is 3. The van der Waals surface area contributed by atoms with Crippen LogP contribution in [0.25, 0.3) is 0 Å². The molecule has 0 saturated carbocycles.